The van der Waals surface area contributed by atoms with E-state index in [0.717, 1.165) is 29.1 Å². The standard InChI is InChI=1S/C21H21BrN4O/c1-3-18(22)21(27)26-17-11-7-10-16(12-17)25-20-13-19(23-14(2)24-20)15-8-5-4-6-9-15/h4-13,18H,3H2,1-2H3,(H,26,27)(H,23,24,25). The summed E-state index contributed by atoms with van der Waals surface area (Å²) in [4.78, 5) is 20.8. The summed E-state index contributed by atoms with van der Waals surface area (Å²) in [5.74, 6) is 1.34. The second-order valence-electron chi connectivity index (χ2n) is 6.12. The van der Waals surface area contributed by atoms with Gasteiger partial charge in [-0.05, 0) is 31.5 Å². The largest absolute Gasteiger partial charge is 0.340 e. The Labute approximate surface area is 167 Å². The van der Waals surface area contributed by atoms with E-state index in [9.17, 15) is 4.79 Å². The Kier molecular flexibility index (Phi) is 6.19. The zero-order valence-electron chi connectivity index (χ0n) is 15.2. The Bertz CT molecular complexity index is 930. The highest BCUT2D eigenvalue weighted by atomic mass is 79.9. The van der Waals surface area contributed by atoms with Crippen molar-refractivity contribution in [1.82, 2.24) is 9.97 Å². The van der Waals surface area contributed by atoms with Crippen LogP contribution in [0.3, 0.4) is 0 Å². The summed E-state index contributed by atoms with van der Waals surface area (Å²) in [5, 5.41) is 6.21. The number of nitrogens with one attached hydrogen (secondary N) is 2. The summed E-state index contributed by atoms with van der Waals surface area (Å²) >= 11 is 3.37. The van der Waals surface area contributed by atoms with Gasteiger partial charge in [-0.25, -0.2) is 9.97 Å². The lowest BCUT2D eigenvalue weighted by atomic mass is 10.1. The molecule has 0 aliphatic carbocycles. The molecule has 0 aliphatic heterocycles. The van der Waals surface area contributed by atoms with E-state index >= 15 is 0 Å². The first kappa shape index (κ1) is 19.0. The van der Waals surface area contributed by atoms with Crippen molar-refractivity contribution in [2.24, 2.45) is 0 Å². The minimum absolute atomic E-state index is 0.0566. The monoisotopic (exact) mass is 424 g/mol. The van der Waals surface area contributed by atoms with Crippen molar-refractivity contribution < 1.29 is 4.79 Å². The number of hydrogen-bond donors (Lipinski definition) is 2. The Balaban J connectivity index is 1.80. The third kappa shape index (κ3) is 5.14. The third-order valence-corrected chi connectivity index (χ3v) is 5.02. The van der Waals surface area contributed by atoms with Crippen LogP contribution in [0.1, 0.15) is 19.2 Å². The topological polar surface area (TPSA) is 66.9 Å². The lowest BCUT2D eigenvalue weighted by molar-refractivity contribution is -0.115. The van der Waals surface area contributed by atoms with E-state index in [1.807, 2.05) is 74.5 Å². The fourth-order valence-electron chi connectivity index (χ4n) is 2.62. The van der Waals surface area contributed by atoms with Gasteiger partial charge in [0.05, 0.1) is 10.5 Å². The lowest BCUT2D eigenvalue weighted by Gasteiger charge is -2.12. The molecule has 3 rings (SSSR count). The van der Waals surface area contributed by atoms with Crippen LogP contribution in [0.25, 0.3) is 11.3 Å². The maximum absolute atomic E-state index is 12.1. The lowest BCUT2D eigenvalue weighted by Crippen LogP contribution is -2.21. The highest BCUT2D eigenvalue weighted by molar-refractivity contribution is 9.10. The van der Waals surface area contributed by atoms with Gasteiger partial charge in [0.15, 0.2) is 0 Å². The molecule has 0 spiro atoms. The zero-order chi connectivity index (χ0) is 19.2. The highest BCUT2D eigenvalue weighted by Crippen LogP contribution is 2.23. The quantitative estimate of drug-likeness (QED) is 0.526. The number of amides is 1. The average molecular weight is 425 g/mol. The molecule has 3 aromatic rings. The van der Waals surface area contributed by atoms with E-state index in [1.54, 1.807) is 0 Å². The normalized spacial score (nSPS) is 11.7. The van der Waals surface area contributed by atoms with Crippen molar-refractivity contribution in [2.45, 2.75) is 25.1 Å². The van der Waals surface area contributed by atoms with Gasteiger partial charge >= 0.3 is 0 Å². The highest BCUT2D eigenvalue weighted by Gasteiger charge is 2.12. The van der Waals surface area contributed by atoms with Crippen LogP contribution in [0.2, 0.25) is 0 Å². The summed E-state index contributed by atoms with van der Waals surface area (Å²) in [5.41, 5.74) is 3.47. The number of anilines is 3. The number of carbonyl (C=O) groups excluding carboxylic acids is 1. The number of hydrogen-bond acceptors (Lipinski definition) is 4. The predicted molar refractivity (Wildman–Crippen MR) is 114 cm³/mol. The molecule has 0 radical (unpaired) electrons. The molecule has 5 nitrogen and oxygen atoms in total. The zero-order valence-corrected chi connectivity index (χ0v) is 16.8. The molecular weight excluding hydrogens is 404 g/mol. The maximum Gasteiger partial charge on any atom is 0.238 e. The molecule has 0 fully saturated rings. The van der Waals surface area contributed by atoms with E-state index in [2.05, 4.69) is 36.5 Å². The van der Waals surface area contributed by atoms with Gasteiger partial charge in [-0.2, -0.15) is 0 Å². The van der Waals surface area contributed by atoms with Gasteiger partial charge in [0.25, 0.3) is 0 Å². The third-order valence-electron chi connectivity index (χ3n) is 3.95. The molecule has 138 valence electrons. The van der Waals surface area contributed by atoms with Crippen molar-refractivity contribution in [1.29, 1.82) is 0 Å². The van der Waals surface area contributed by atoms with Crippen molar-refractivity contribution in [2.75, 3.05) is 10.6 Å². The second kappa shape index (κ2) is 8.77. The minimum atomic E-state index is -0.202. The molecule has 1 atom stereocenters. The van der Waals surface area contributed by atoms with Gasteiger partial charge in [0.1, 0.15) is 11.6 Å². The number of rotatable bonds is 6. The number of nitrogens with zero attached hydrogens (tertiary/aromatic N) is 2. The van der Waals surface area contributed by atoms with Crippen LogP contribution < -0.4 is 10.6 Å². The van der Waals surface area contributed by atoms with Crippen LogP contribution in [0.4, 0.5) is 17.2 Å². The SMILES string of the molecule is CCC(Br)C(=O)Nc1cccc(Nc2cc(-c3ccccc3)nc(C)n2)c1. The minimum Gasteiger partial charge on any atom is -0.340 e. The Hall–Kier alpha value is -2.73. The number of benzene rings is 2. The van der Waals surface area contributed by atoms with Gasteiger partial charge in [-0.15, -0.1) is 0 Å². The first-order valence-electron chi connectivity index (χ1n) is 8.78. The summed E-state index contributed by atoms with van der Waals surface area (Å²) in [6.45, 7) is 3.83. The predicted octanol–water partition coefficient (Wildman–Crippen LogP) is 5.31. The molecule has 2 aromatic carbocycles. The Morgan fingerprint density at radius 2 is 1.78 bits per heavy atom. The van der Waals surface area contributed by atoms with Crippen molar-refractivity contribution >= 4 is 39.0 Å². The van der Waals surface area contributed by atoms with Crippen LogP contribution in [0.5, 0.6) is 0 Å². The average Bonchev–Trinajstić information content (AvgIpc) is 2.67. The van der Waals surface area contributed by atoms with Crippen molar-refractivity contribution in [3.8, 4) is 11.3 Å². The molecule has 2 N–H and O–H groups in total. The van der Waals surface area contributed by atoms with Gasteiger partial charge in [0, 0.05) is 23.0 Å². The summed E-state index contributed by atoms with van der Waals surface area (Å²) < 4.78 is 0. The van der Waals surface area contributed by atoms with E-state index < -0.39 is 0 Å². The number of alkyl halides is 1. The van der Waals surface area contributed by atoms with E-state index in [4.69, 9.17) is 0 Å². The van der Waals surface area contributed by atoms with Gasteiger partial charge in [-0.3, -0.25) is 4.79 Å². The van der Waals surface area contributed by atoms with E-state index in [1.165, 1.54) is 0 Å². The molecule has 6 heteroatoms. The molecule has 1 heterocycles. The summed E-state index contributed by atoms with van der Waals surface area (Å²) in [6.07, 6.45) is 0.728. The Morgan fingerprint density at radius 3 is 2.52 bits per heavy atom. The first-order valence-corrected chi connectivity index (χ1v) is 9.70. The van der Waals surface area contributed by atoms with Crippen LogP contribution in [0.15, 0.2) is 60.7 Å². The molecule has 1 amide bonds. The van der Waals surface area contributed by atoms with Crippen molar-refractivity contribution in [3.05, 3.63) is 66.5 Å². The Morgan fingerprint density at radius 1 is 1.04 bits per heavy atom. The van der Waals surface area contributed by atoms with Crippen LogP contribution in [0, 0.1) is 6.92 Å². The fraction of sp³-hybridized carbons (Fsp3) is 0.190. The number of halogens is 1. The van der Waals surface area contributed by atoms with E-state index in [0.29, 0.717) is 11.6 Å². The number of aromatic nitrogens is 2. The summed E-state index contributed by atoms with van der Waals surface area (Å²) in [7, 11) is 0. The summed E-state index contributed by atoms with van der Waals surface area (Å²) in [6, 6.07) is 19.5. The molecule has 1 aromatic heterocycles. The van der Waals surface area contributed by atoms with Crippen LogP contribution in [-0.4, -0.2) is 20.7 Å². The van der Waals surface area contributed by atoms with E-state index in [-0.39, 0.29) is 10.7 Å². The maximum atomic E-state index is 12.1. The smallest absolute Gasteiger partial charge is 0.238 e. The fourth-order valence-corrected chi connectivity index (χ4v) is 2.73. The van der Waals surface area contributed by atoms with Crippen LogP contribution >= 0.6 is 15.9 Å². The molecule has 1 unspecified atom stereocenters. The van der Waals surface area contributed by atoms with Gasteiger partial charge in [-0.1, -0.05) is 59.3 Å². The van der Waals surface area contributed by atoms with Gasteiger partial charge < -0.3 is 10.6 Å². The first-order chi connectivity index (χ1) is 13.0. The molecule has 0 saturated carbocycles. The number of carbonyl (C=O) groups is 1. The van der Waals surface area contributed by atoms with Crippen LogP contribution in [-0.2, 0) is 4.79 Å². The van der Waals surface area contributed by atoms with Gasteiger partial charge in [0.2, 0.25) is 5.91 Å². The molecule has 0 saturated heterocycles. The molecule has 27 heavy (non-hydrogen) atoms. The number of aryl methyl sites for hydroxylation is 1. The molecular formula is C21H21BrN4O. The molecule has 0 bridgehead atoms. The van der Waals surface area contributed by atoms with Crippen molar-refractivity contribution in [3.63, 3.8) is 0 Å². The molecule has 0 aliphatic rings. The second-order valence-corrected chi connectivity index (χ2v) is 7.23.